The Morgan fingerprint density at radius 1 is 1.19 bits per heavy atom. The van der Waals surface area contributed by atoms with Gasteiger partial charge < -0.3 is 9.47 Å². The van der Waals surface area contributed by atoms with Crippen molar-refractivity contribution >= 4 is 27.5 Å². The average molecular weight is 367 g/mol. The molecule has 0 N–H and O–H groups in total. The number of benzene rings is 2. The molecule has 21 heavy (non-hydrogen) atoms. The zero-order valence-corrected chi connectivity index (χ0v) is 13.7. The summed E-state index contributed by atoms with van der Waals surface area (Å²) in [6.45, 7) is 0.344. The summed E-state index contributed by atoms with van der Waals surface area (Å²) in [5.41, 5.74) is 2.38. The first-order chi connectivity index (χ1) is 10.2. The molecule has 0 fully saturated rings. The lowest BCUT2D eigenvalue weighted by Gasteiger charge is -2.12. The van der Waals surface area contributed by atoms with E-state index in [0.717, 1.165) is 22.6 Å². The molecule has 108 valence electrons. The normalized spacial score (nSPS) is 10.0. The molecule has 0 aliphatic heterocycles. The lowest BCUT2D eigenvalue weighted by atomic mass is 10.1. The van der Waals surface area contributed by atoms with Crippen LogP contribution in [-0.4, -0.2) is 7.11 Å². The minimum Gasteiger partial charge on any atom is -0.497 e. The number of hydrogen-bond acceptors (Lipinski definition) is 3. The molecule has 0 radical (unpaired) electrons. The standard InChI is InChI=1S/C16H13BrClNO2/c1-20-14-4-5-16(13(7-14)8-17)21-10-12-3-2-11(9-19)6-15(12)18/h2-7H,8,10H2,1H3. The summed E-state index contributed by atoms with van der Waals surface area (Å²) in [5.74, 6) is 1.56. The average Bonchev–Trinajstić information content (AvgIpc) is 2.53. The van der Waals surface area contributed by atoms with E-state index in [1.54, 1.807) is 25.3 Å². The van der Waals surface area contributed by atoms with Crippen LogP contribution in [0, 0.1) is 11.3 Å². The van der Waals surface area contributed by atoms with Crippen LogP contribution in [0.4, 0.5) is 0 Å². The van der Waals surface area contributed by atoms with E-state index in [0.29, 0.717) is 22.5 Å². The third-order valence-corrected chi connectivity index (χ3v) is 3.93. The lowest BCUT2D eigenvalue weighted by Crippen LogP contribution is -1.99. The lowest BCUT2D eigenvalue weighted by molar-refractivity contribution is 0.303. The smallest absolute Gasteiger partial charge is 0.124 e. The van der Waals surface area contributed by atoms with Crippen LogP contribution in [0.2, 0.25) is 5.02 Å². The Labute approximate surface area is 137 Å². The Hall–Kier alpha value is -1.70. The summed E-state index contributed by atoms with van der Waals surface area (Å²) in [5, 5.41) is 10.0. The topological polar surface area (TPSA) is 42.2 Å². The molecular formula is C16H13BrClNO2. The van der Waals surface area contributed by atoms with E-state index in [4.69, 9.17) is 26.3 Å². The van der Waals surface area contributed by atoms with Gasteiger partial charge in [0.15, 0.2) is 0 Å². The van der Waals surface area contributed by atoms with Gasteiger partial charge in [0.25, 0.3) is 0 Å². The highest BCUT2D eigenvalue weighted by Crippen LogP contribution is 2.28. The minimum atomic E-state index is 0.344. The molecule has 2 aromatic carbocycles. The van der Waals surface area contributed by atoms with Gasteiger partial charge in [-0.05, 0) is 30.3 Å². The maximum Gasteiger partial charge on any atom is 0.124 e. The molecule has 0 heterocycles. The first-order valence-corrected chi connectivity index (χ1v) is 7.72. The third kappa shape index (κ3) is 3.90. The van der Waals surface area contributed by atoms with E-state index in [1.807, 2.05) is 18.2 Å². The van der Waals surface area contributed by atoms with Crippen molar-refractivity contribution in [1.29, 1.82) is 5.26 Å². The summed E-state index contributed by atoms with van der Waals surface area (Å²) in [7, 11) is 1.63. The number of hydrogen-bond donors (Lipinski definition) is 0. The zero-order chi connectivity index (χ0) is 15.2. The van der Waals surface area contributed by atoms with Crippen LogP contribution >= 0.6 is 27.5 Å². The Bertz CT molecular complexity index is 682. The quantitative estimate of drug-likeness (QED) is 0.721. The van der Waals surface area contributed by atoms with Gasteiger partial charge in [0.1, 0.15) is 18.1 Å². The van der Waals surface area contributed by atoms with Crippen LogP contribution in [0.3, 0.4) is 0 Å². The first-order valence-electron chi connectivity index (χ1n) is 6.22. The fourth-order valence-electron chi connectivity index (χ4n) is 1.82. The fourth-order valence-corrected chi connectivity index (χ4v) is 2.49. The fraction of sp³-hybridized carbons (Fsp3) is 0.188. The highest BCUT2D eigenvalue weighted by Gasteiger charge is 2.07. The second-order valence-corrected chi connectivity index (χ2v) is 5.28. The monoisotopic (exact) mass is 365 g/mol. The van der Waals surface area contributed by atoms with Crippen molar-refractivity contribution in [2.24, 2.45) is 0 Å². The van der Waals surface area contributed by atoms with Gasteiger partial charge >= 0.3 is 0 Å². The number of alkyl halides is 1. The summed E-state index contributed by atoms with van der Waals surface area (Å²) < 4.78 is 11.0. The van der Waals surface area contributed by atoms with Crippen molar-refractivity contribution in [3.8, 4) is 17.6 Å². The minimum absolute atomic E-state index is 0.344. The number of halogens is 2. The van der Waals surface area contributed by atoms with Gasteiger partial charge in [0.05, 0.1) is 18.7 Å². The molecule has 0 aromatic heterocycles. The van der Waals surface area contributed by atoms with Crippen LogP contribution < -0.4 is 9.47 Å². The van der Waals surface area contributed by atoms with Gasteiger partial charge in [-0.15, -0.1) is 0 Å². The van der Waals surface area contributed by atoms with Crippen LogP contribution in [0.5, 0.6) is 11.5 Å². The second-order valence-electron chi connectivity index (χ2n) is 4.31. The molecule has 0 aliphatic carbocycles. The van der Waals surface area contributed by atoms with Crippen LogP contribution in [0.25, 0.3) is 0 Å². The number of methoxy groups -OCH3 is 1. The maximum atomic E-state index is 8.82. The summed E-state index contributed by atoms with van der Waals surface area (Å²) in [6, 6.07) is 12.9. The molecule has 0 bridgehead atoms. The van der Waals surface area contributed by atoms with Crippen molar-refractivity contribution in [3.63, 3.8) is 0 Å². The van der Waals surface area contributed by atoms with Gasteiger partial charge in [-0.3, -0.25) is 0 Å². The molecule has 0 saturated heterocycles. The van der Waals surface area contributed by atoms with E-state index in [9.17, 15) is 0 Å². The van der Waals surface area contributed by atoms with Crippen LogP contribution in [-0.2, 0) is 11.9 Å². The van der Waals surface area contributed by atoms with Gasteiger partial charge in [-0.1, -0.05) is 33.6 Å². The molecule has 3 nitrogen and oxygen atoms in total. The molecule has 5 heteroatoms. The number of nitriles is 1. The van der Waals surface area contributed by atoms with Gasteiger partial charge in [-0.25, -0.2) is 0 Å². The van der Waals surface area contributed by atoms with E-state index < -0.39 is 0 Å². The second kappa shape index (κ2) is 7.35. The Morgan fingerprint density at radius 3 is 2.62 bits per heavy atom. The largest absolute Gasteiger partial charge is 0.497 e. The molecule has 0 atom stereocenters. The maximum absolute atomic E-state index is 8.82. The number of rotatable bonds is 5. The summed E-state index contributed by atoms with van der Waals surface area (Å²) >= 11 is 9.57. The van der Waals surface area contributed by atoms with E-state index in [-0.39, 0.29) is 0 Å². The summed E-state index contributed by atoms with van der Waals surface area (Å²) in [4.78, 5) is 0. The highest BCUT2D eigenvalue weighted by atomic mass is 79.9. The van der Waals surface area contributed by atoms with Crippen molar-refractivity contribution in [2.75, 3.05) is 7.11 Å². The van der Waals surface area contributed by atoms with E-state index >= 15 is 0 Å². The SMILES string of the molecule is COc1ccc(OCc2ccc(C#N)cc2Cl)c(CBr)c1. The Morgan fingerprint density at radius 2 is 2.00 bits per heavy atom. The highest BCUT2D eigenvalue weighted by molar-refractivity contribution is 9.08. The van der Waals surface area contributed by atoms with Crippen LogP contribution in [0.1, 0.15) is 16.7 Å². The Balaban J connectivity index is 2.15. The molecule has 0 unspecified atom stereocenters. The molecule has 0 saturated carbocycles. The predicted molar refractivity (Wildman–Crippen MR) is 86.1 cm³/mol. The van der Waals surface area contributed by atoms with E-state index in [2.05, 4.69) is 22.0 Å². The third-order valence-electron chi connectivity index (χ3n) is 2.98. The zero-order valence-electron chi connectivity index (χ0n) is 11.4. The summed E-state index contributed by atoms with van der Waals surface area (Å²) in [6.07, 6.45) is 0. The molecular weight excluding hydrogens is 354 g/mol. The molecule has 0 aliphatic rings. The van der Waals surface area contributed by atoms with Gasteiger partial charge in [-0.2, -0.15) is 5.26 Å². The molecule has 0 spiro atoms. The van der Waals surface area contributed by atoms with Gasteiger partial charge in [0.2, 0.25) is 0 Å². The van der Waals surface area contributed by atoms with Gasteiger partial charge in [0, 0.05) is 21.5 Å². The number of nitrogens with zero attached hydrogens (tertiary/aromatic N) is 1. The molecule has 0 amide bonds. The van der Waals surface area contributed by atoms with Crippen molar-refractivity contribution < 1.29 is 9.47 Å². The Kier molecular flexibility index (Phi) is 5.49. The van der Waals surface area contributed by atoms with Crippen molar-refractivity contribution in [1.82, 2.24) is 0 Å². The number of ether oxygens (including phenoxy) is 2. The molecule has 2 rings (SSSR count). The molecule has 2 aromatic rings. The predicted octanol–water partition coefficient (Wildman–Crippen LogP) is 4.69. The van der Waals surface area contributed by atoms with E-state index in [1.165, 1.54) is 0 Å². The van der Waals surface area contributed by atoms with Crippen LogP contribution in [0.15, 0.2) is 36.4 Å². The first kappa shape index (κ1) is 15.7. The van der Waals surface area contributed by atoms with Crippen molar-refractivity contribution in [2.45, 2.75) is 11.9 Å². The van der Waals surface area contributed by atoms with Crippen molar-refractivity contribution in [3.05, 3.63) is 58.1 Å².